The third kappa shape index (κ3) is 2.92. The molecule has 0 radical (unpaired) electrons. The van der Waals surface area contributed by atoms with Gasteiger partial charge in [-0.2, -0.15) is 0 Å². The number of piperidine rings is 1. The first-order valence-corrected chi connectivity index (χ1v) is 7.45. The lowest BCUT2D eigenvalue weighted by atomic mass is 10.1. The molecule has 5 heteroatoms. The van der Waals surface area contributed by atoms with E-state index in [4.69, 9.17) is 0 Å². The van der Waals surface area contributed by atoms with E-state index in [1.807, 2.05) is 0 Å². The summed E-state index contributed by atoms with van der Waals surface area (Å²) in [5.41, 5.74) is 0. The molecular formula is C10H20N2O2S. The molecule has 1 atom stereocenters. The molecule has 4 nitrogen and oxygen atoms in total. The van der Waals surface area contributed by atoms with Gasteiger partial charge >= 0.3 is 0 Å². The van der Waals surface area contributed by atoms with Crippen LogP contribution in [0.5, 0.6) is 0 Å². The summed E-state index contributed by atoms with van der Waals surface area (Å²) in [6.07, 6.45) is 5.85. The first-order valence-electron chi connectivity index (χ1n) is 5.90. The third-order valence-corrected chi connectivity index (χ3v) is 5.38. The van der Waals surface area contributed by atoms with Crippen LogP contribution in [0.4, 0.5) is 0 Å². The summed E-state index contributed by atoms with van der Waals surface area (Å²) >= 11 is 0. The number of sulfonamides is 1. The lowest BCUT2D eigenvalue weighted by molar-refractivity contribution is 0.426. The number of hydrogen-bond acceptors (Lipinski definition) is 3. The van der Waals surface area contributed by atoms with Crippen molar-refractivity contribution < 1.29 is 8.42 Å². The van der Waals surface area contributed by atoms with Gasteiger partial charge in [-0.1, -0.05) is 12.8 Å². The van der Waals surface area contributed by atoms with Crippen molar-refractivity contribution >= 4 is 10.0 Å². The summed E-state index contributed by atoms with van der Waals surface area (Å²) in [6.45, 7) is 1.80. The number of hydrogen-bond donors (Lipinski definition) is 2. The Labute approximate surface area is 91.9 Å². The van der Waals surface area contributed by atoms with Crippen LogP contribution in [-0.2, 0) is 10.0 Å². The molecule has 1 aliphatic carbocycles. The average Bonchev–Trinajstić information content (AvgIpc) is 2.71. The van der Waals surface area contributed by atoms with Crippen LogP contribution < -0.4 is 10.0 Å². The predicted molar refractivity (Wildman–Crippen MR) is 60.2 cm³/mol. The molecule has 2 N–H and O–H groups in total. The quantitative estimate of drug-likeness (QED) is 0.749. The Hall–Kier alpha value is -0.130. The van der Waals surface area contributed by atoms with Gasteiger partial charge in [0.25, 0.3) is 0 Å². The van der Waals surface area contributed by atoms with E-state index in [2.05, 4.69) is 10.0 Å². The summed E-state index contributed by atoms with van der Waals surface area (Å²) in [5.74, 6) is 0. The van der Waals surface area contributed by atoms with E-state index in [1.54, 1.807) is 0 Å². The maximum atomic E-state index is 12.0. The van der Waals surface area contributed by atoms with Crippen LogP contribution in [0.1, 0.15) is 38.5 Å². The fourth-order valence-corrected chi connectivity index (χ4v) is 4.29. The molecule has 1 heterocycles. The molecule has 0 amide bonds. The molecule has 0 bridgehead atoms. The highest BCUT2D eigenvalue weighted by Gasteiger charge is 2.30. The van der Waals surface area contributed by atoms with Crippen LogP contribution in [0.2, 0.25) is 0 Å². The fraction of sp³-hybridized carbons (Fsp3) is 1.00. The molecule has 1 saturated heterocycles. The van der Waals surface area contributed by atoms with Gasteiger partial charge in [0.15, 0.2) is 0 Å². The standard InChI is InChI=1S/C10H20N2O2S/c13-15(14,10-5-1-2-6-10)12-9-4-3-7-11-8-9/h9-12H,1-8H2/t9-/m0/s1. The first kappa shape index (κ1) is 11.4. The first-order chi connectivity index (χ1) is 7.18. The van der Waals surface area contributed by atoms with E-state index in [1.165, 1.54) is 0 Å². The highest BCUT2D eigenvalue weighted by Crippen LogP contribution is 2.24. The lowest BCUT2D eigenvalue weighted by Gasteiger charge is -2.25. The monoisotopic (exact) mass is 232 g/mol. The maximum Gasteiger partial charge on any atom is 0.214 e. The van der Waals surface area contributed by atoms with Crippen molar-refractivity contribution in [2.24, 2.45) is 0 Å². The predicted octanol–water partition coefficient (Wildman–Crippen LogP) is 0.600. The van der Waals surface area contributed by atoms with Gasteiger partial charge in [0.2, 0.25) is 10.0 Å². The van der Waals surface area contributed by atoms with Gasteiger partial charge in [-0.05, 0) is 32.2 Å². The zero-order valence-corrected chi connectivity index (χ0v) is 9.85. The molecule has 15 heavy (non-hydrogen) atoms. The van der Waals surface area contributed by atoms with Gasteiger partial charge in [-0.25, -0.2) is 13.1 Å². The summed E-state index contributed by atoms with van der Waals surface area (Å²) in [6, 6.07) is 0.115. The van der Waals surface area contributed by atoms with Crippen molar-refractivity contribution in [3.8, 4) is 0 Å². The second-order valence-corrected chi connectivity index (χ2v) is 6.60. The van der Waals surface area contributed by atoms with Crippen LogP contribution in [0.25, 0.3) is 0 Å². The van der Waals surface area contributed by atoms with E-state index in [9.17, 15) is 8.42 Å². The zero-order valence-electron chi connectivity index (χ0n) is 9.04. The van der Waals surface area contributed by atoms with Gasteiger partial charge in [0, 0.05) is 12.6 Å². The van der Waals surface area contributed by atoms with Gasteiger partial charge < -0.3 is 5.32 Å². The number of rotatable bonds is 3. The average molecular weight is 232 g/mol. The largest absolute Gasteiger partial charge is 0.315 e. The summed E-state index contributed by atoms with van der Waals surface area (Å²) in [4.78, 5) is 0. The van der Waals surface area contributed by atoms with Crippen molar-refractivity contribution in [3.05, 3.63) is 0 Å². The molecule has 0 spiro atoms. The smallest absolute Gasteiger partial charge is 0.214 e. The third-order valence-electron chi connectivity index (χ3n) is 3.37. The van der Waals surface area contributed by atoms with Crippen LogP contribution in [0.15, 0.2) is 0 Å². The van der Waals surface area contributed by atoms with Gasteiger partial charge in [0.05, 0.1) is 5.25 Å². The van der Waals surface area contributed by atoms with Gasteiger partial charge in [0.1, 0.15) is 0 Å². The van der Waals surface area contributed by atoms with E-state index in [0.29, 0.717) is 0 Å². The molecule has 0 aromatic rings. The molecule has 0 aromatic heterocycles. The fourth-order valence-electron chi connectivity index (χ4n) is 2.48. The topological polar surface area (TPSA) is 58.2 Å². The summed E-state index contributed by atoms with van der Waals surface area (Å²) in [5, 5.41) is 3.10. The molecule has 1 saturated carbocycles. The molecule has 0 aromatic carbocycles. The molecule has 1 aliphatic heterocycles. The molecule has 2 aliphatic rings. The molecule has 2 fully saturated rings. The summed E-state index contributed by atoms with van der Waals surface area (Å²) < 4.78 is 26.8. The van der Waals surface area contributed by atoms with Crippen LogP contribution in [-0.4, -0.2) is 32.8 Å². The van der Waals surface area contributed by atoms with E-state index < -0.39 is 10.0 Å². The van der Waals surface area contributed by atoms with Crippen molar-refractivity contribution in [1.29, 1.82) is 0 Å². The van der Waals surface area contributed by atoms with Crippen molar-refractivity contribution in [2.75, 3.05) is 13.1 Å². The SMILES string of the molecule is O=S(=O)(N[C@H]1CCCNC1)C1CCCC1. The lowest BCUT2D eigenvalue weighted by Crippen LogP contribution is -2.47. The van der Waals surface area contributed by atoms with Crippen LogP contribution in [0.3, 0.4) is 0 Å². The van der Waals surface area contributed by atoms with E-state index in [-0.39, 0.29) is 11.3 Å². The zero-order chi connectivity index (χ0) is 10.7. The minimum atomic E-state index is -3.05. The molecular weight excluding hydrogens is 212 g/mol. The minimum absolute atomic E-state index is 0.115. The van der Waals surface area contributed by atoms with Crippen LogP contribution in [0, 0.1) is 0 Å². The van der Waals surface area contributed by atoms with Crippen molar-refractivity contribution in [1.82, 2.24) is 10.0 Å². The van der Waals surface area contributed by atoms with E-state index in [0.717, 1.165) is 51.6 Å². The molecule has 88 valence electrons. The second-order valence-electron chi connectivity index (χ2n) is 4.61. The molecule has 2 rings (SSSR count). The number of nitrogens with one attached hydrogen (secondary N) is 2. The van der Waals surface area contributed by atoms with Crippen LogP contribution >= 0.6 is 0 Å². The van der Waals surface area contributed by atoms with Crippen molar-refractivity contribution in [2.45, 2.75) is 49.8 Å². The molecule has 0 unspecified atom stereocenters. The Bertz CT molecular complexity index is 291. The Morgan fingerprint density at radius 1 is 1.07 bits per heavy atom. The highest BCUT2D eigenvalue weighted by molar-refractivity contribution is 7.90. The highest BCUT2D eigenvalue weighted by atomic mass is 32.2. The maximum absolute atomic E-state index is 12.0. The van der Waals surface area contributed by atoms with Gasteiger partial charge in [-0.3, -0.25) is 0 Å². The normalized spacial score (nSPS) is 29.5. The Kier molecular flexibility index (Phi) is 3.64. The second kappa shape index (κ2) is 4.80. The Morgan fingerprint density at radius 2 is 1.80 bits per heavy atom. The van der Waals surface area contributed by atoms with E-state index >= 15 is 0 Å². The summed E-state index contributed by atoms with van der Waals surface area (Å²) in [7, 11) is -3.05. The minimum Gasteiger partial charge on any atom is -0.315 e. The Balaban J connectivity index is 1.90. The van der Waals surface area contributed by atoms with Crippen molar-refractivity contribution in [3.63, 3.8) is 0 Å². The Morgan fingerprint density at radius 3 is 2.40 bits per heavy atom. The van der Waals surface area contributed by atoms with Gasteiger partial charge in [-0.15, -0.1) is 0 Å².